The van der Waals surface area contributed by atoms with E-state index in [9.17, 15) is 0 Å². The van der Waals surface area contributed by atoms with Crippen LogP contribution < -0.4 is 0 Å². The molecule has 0 aliphatic heterocycles. The molecular formula is C47H32O. The lowest BCUT2D eigenvalue weighted by molar-refractivity contribution is 0.620. The van der Waals surface area contributed by atoms with Gasteiger partial charge in [-0.3, -0.25) is 0 Å². The van der Waals surface area contributed by atoms with Gasteiger partial charge in [0.1, 0.15) is 11.3 Å². The lowest BCUT2D eigenvalue weighted by Crippen LogP contribution is -2.14. The highest BCUT2D eigenvalue weighted by Crippen LogP contribution is 2.55. The van der Waals surface area contributed by atoms with E-state index >= 15 is 0 Å². The summed E-state index contributed by atoms with van der Waals surface area (Å²) in [6.45, 7) is 4.65. The Bertz CT molecular complexity index is 2680. The highest BCUT2D eigenvalue weighted by Gasteiger charge is 2.40. The van der Waals surface area contributed by atoms with E-state index in [0.29, 0.717) is 0 Å². The van der Waals surface area contributed by atoms with Gasteiger partial charge in [0.05, 0.1) is 0 Å². The van der Waals surface area contributed by atoms with Gasteiger partial charge in [-0.2, -0.15) is 0 Å². The smallest absolute Gasteiger partial charge is 0.143 e. The molecule has 10 rings (SSSR count). The molecule has 0 radical (unpaired) electrons. The minimum Gasteiger partial charge on any atom is -0.455 e. The Morgan fingerprint density at radius 2 is 0.958 bits per heavy atom. The van der Waals surface area contributed by atoms with Crippen molar-refractivity contribution in [1.82, 2.24) is 0 Å². The van der Waals surface area contributed by atoms with Crippen LogP contribution in [0.4, 0.5) is 0 Å². The Kier molecular flexibility index (Phi) is 5.69. The summed E-state index contributed by atoms with van der Waals surface area (Å²) in [6.07, 6.45) is 0. The summed E-state index contributed by atoms with van der Waals surface area (Å²) in [5, 5.41) is 8.67. The van der Waals surface area contributed by atoms with Crippen LogP contribution in [0.15, 0.2) is 162 Å². The molecule has 1 heterocycles. The Balaban J connectivity index is 1.19. The average molecular weight is 613 g/mol. The van der Waals surface area contributed by atoms with Crippen molar-refractivity contribution in [1.29, 1.82) is 0 Å². The van der Waals surface area contributed by atoms with Gasteiger partial charge in [-0.1, -0.05) is 166 Å². The number of hydrogen-bond donors (Lipinski definition) is 0. The summed E-state index contributed by atoms with van der Waals surface area (Å²) in [4.78, 5) is 0. The maximum absolute atomic E-state index is 6.95. The zero-order chi connectivity index (χ0) is 32.0. The summed E-state index contributed by atoms with van der Waals surface area (Å²) < 4.78 is 6.95. The van der Waals surface area contributed by atoms with Crippen molar-refractivity contribution in [3.63, 3.8) is 0 Å². The van der Waals surface area contributed by atoms with Gasteiger partial charge >= 0.3 is 0 Å². The number of furan rings is 1. The Morgan fingerprint density at radius 3 is 1.69 bits per heavy atom. The highest BCUT2D eigenvalue weighted by atomic mass is 16.3. The molecule has 0 N–H and O–H groups in total. The second-order valence-corrected chi connectivity index (χ2v) is 13.6. The number of hydrogen-bond acceptors (Lipinski definition) is 1. The summed E-state index contributed by atoms with van der Waals surface area (Å²) >= 11 is 0. The second kappa shape index (κ2) is 10.0. The zero-order valence-corrected chi connectivity index (χ0v) is 26.9. The quantitative estimate of drug-likeness (QED) is 0.181. The normalized spacial score (nSPS) is 13.4. The van der Waals surface area contributed by atoms with E-state index in [1.807, 2.05) is 0 Å². The first-order valence-electron chi connectivity index (χ1n) is 16.8. The van der Waals surface area contributed by atoms with Crippen molar-refractivity contribution in [3.8, 4) is 44.7 Å². The zero-order valence-electron chi connectivity index (χ0n) is 26.9. The van der Waals surface area contributed by atoms with Crippen LogP contribution in [0.25, 0.3) is 88.0 Å². The summed E-state index contributed by atoms with van der Waals surface area (Å²) in [6, 6.07) is 57.5. The number of benzene rings is 8. The van der Waals surface area contributed by atoms with Gasteiger partial charge in [-0.25, -0.2) is 0 Å². The van der Waals surface area contributed by atoms with Crippen LogP contribution in [0, 0.1) is 0 Å². The highest BCUT2D eigenvalue weighted by molar-refractivity contribution is 6.23. The van der Waals surface area contributed by atoms with Crippen molar-refractivity contribution in [2.24, 2.45) is 0 Å². The van der Waals surface area contributed by atoms with E-state index in [1.165, 1.54) is 82.2 Å². The molecule has 226 valence electrons. The molecule has 1 nitrogen and oxygen atoms in total. The fraction of sp³-hybridized carbons (Fsp3) is 0.0638. The van der Waals surface area contributed by atoms with Gasteiger partial charge in [0, 0.05) is 33.1 Å². The van der Waals surface area contributed by atoms with Crippen LogP contribution in [-0.2, 0) is 5.41 Å². The number of fused-ring (bicyclic) bond motifs is 8. The fourth-order valence-electron chi connectivity index (χ4n) is 8.41. The molecule has 1 aliphatic rings. The van der Waals surface area contributed by atoms with Crippen LogP contribution in [0.3, 0.4) is 0 Å². The number of rotatable bonds is 3. The van der Waals surface area contributed by atoms with Crippen molar-refractivity contribution in [3.05, 3.63) is 169 Å². The second-order valence-electron chi connectivity index (χ2n) is 13.6. The predicted molar refractivity (Wildman–Crippen MR) is 203 cm³/mol. The third kappa shape index (κ3) is 3.79. The molecule has 8 aromatic carbocycles. The molecule has 0 bridgehead atoms. The van der Waals surface area contributed by atoms with Crippen LogP contribution in [0.1, 0.15) is 25.0 Å². The standard InChI is InChI=1S/C47H32O/c1-47(2)41-21-10-9-18-38(41)46-44(47)40-20-11-19-39(45(40)48-46)43-36-16-7-5-14-34(36)42(35-15-6-8-17-37(35)43)31-25-22-30(23-26-31)33-27-24-29-12-3-4-13-32(29)28-33/h3-28H,1-2H3. The van der Waals surface area contributed by atoms with Crippen molar-refractivity contribution in [2.45, 2.75) is 19.3 Å². The van der Waals surface area contributed by atoms with Crippen molar-refractivity contribution >= 4 is 43.3 Å². The van der Waals surface area contributed by atoms with Crippen LogP contribution in [0.2, 0.25) is 0 Å². The maximum Gasteiger partial charge on any atom is 0.143 e. The fourth-order valence-corrected chi connectivity index (χ4v) is 8.41. The van der Waals surface area contributed by atoms with E-state index < -0.39 is 0 Å². The topological polar surface area (TPSA) is 13.1 Å². The first kappa shape index (κ1) is 27.2. The van der Waals surface area contributed by atoms with Crippen LogP contribution in [0.5, 0.6) is 0 Å². The number of para-hydroxylation sites is 1. The molecule has 0 spiro atoms. The largest absolute Gasteiger partial charge is 0.455 e. The molecule has 0 atom stereocenters. The van der Waals surface area contributed by atoms with Crippen molar-refractivity contribution in [2.75, 3.05) is 0 Å². The van der Waals surface area contributed by atoms with Gasteiger partial charge < -0.3 is 4.42 Å². The van der Waals surface area contributed by atoms with Crippen LogP contribution >= 0.6 is 0 Å². The minimum atomic E-state index is -0.136. The molecule has 1 aromatic heterocycles. The molecule has 0 amide bonds. The van der Waals surface area contributed by atoms with E-state index in [1.54, 1.807) is 0 Å². The molecule has 1 heteroatoms. The summed E-state index contributed by atoms with van der Waals surface area (Å²) in [5.41, 5.74) is 11.9. The molecule has 9 aromatic rings. The lowest BCUT2D eigenvalue weighted by atomic mass is 9.81. The van der Waals surface area contributed by atoms with Gasteiger partial charge in [0.2, 0.25) is 0 Å². The summed E-state index contributed by atoms with van der Waals surface area (Å²) in [7, 11) is 0. The maximum atomic E-state index is 6.95. The molecule has 0 saturated carbocycles. The minimum absolute atomic E-state index is 0.136. The third-order valence-electron chi connectivity index (χ3n) is 10.6. The SMILES string of the molecule is CC1(C)c2ccccc2-c2oc3c(-c4c5ccccc5c(-c5ccc(-c6ccc7ccccc7c6)cc5)c5ccccc45)cccc3c21. The van der Waals surface area contributed by atoms with Gasteiger partial charge in [0.15, 0.2) is 0 Å². The van der Waals surface area contributed by atoms with Crippen LogP contribution in [-0.4, -0.2) is 0 Å². The van der Waals surface area contributed by atoms with Gasteiger partial charge in [0.25, 0.3) is 0 Å². The molecule has 0 fully saturated rings. The monoisotopic (exact) mass is 612 g/mol. The average Bonchev–Trinajstić information content (AvgIpc) is 3.64. The van der Waals surface area contributed by atoms with Gasteiger partial charge in [-0.15, -0.1) is 0 Å². The van der Waals surface area contributed by atoms with E-state index in [2.05, 4.69) is 172 Å². The van der Waals surface area contributed by atoms with Gasteiger partial charge in [-0.05, 0) is 66.2 Å². The summed E-state index contributed by atoms with van der Waals surface area (Å²) in [5.74, 6) is 1.01. The van der Waals surface area contributed by atoms with Crippen molar-refractivity contribution < 1.29 is 4.42 Å². The Morgan fingerprint density at radius 1 is 0.417 bits per heavy atom. The van der Waals surface area contributed by atoms with E-state index in [4.69, 9.17) is 4.42 Å². The predicted octanol–water partition coefficient (Wildman–Crippen LogP) is 13.2. The molecule has 0 saturated heterocycles. The molecule has 1 aliphatic carbocycles. The molecule has 48 heavy (non-hydrogen) atoms. The van der Waals surface area contributed by atoms with E-state index in [-0.39, 0.29) is 5.41 Å². The Labute approximate surface area is 279 Å². The first-order chi connectivity index (χ1) is 23.6. The van der Waals surface area contributed by atoms with E-state index in [0.717, 1.165) is 16.9 Å². The molecule has 0 unspecified atom stereocenters. The first-order valence-corrected chi connectivity index (χ1v) is 16.8. The lowest BCUT2D eigenvalue weighted by Gasteiger charge is -2.21. The third-order valence-corrected chi connectivity index (χ3v) is 10.6. The Hall–Kier alpha value is -5.92. The molecular weight excluding hydrogens is 581 g/mol.